The lowest BCUT2D eigenvalue weighted by atomic mass is 9.84. The van der Waals surface area contributed by atoms with E-state index in [0.29, 0.717) is 19.4 Å². The average molecular weight is 277 g/mol. The highest BCUT2D eigenvalue weighted by molar-refractivity contribution is 5.81. The first-order valence-electron chi connectivity index (χ1n) is 6.61. The zero-order chi connectivity index (χ0) is 14.7. The first-order chi connectivity index (χ1) is 9.54. The minimum atomic E-state index is -0.852. The van der Waals surface area contributed by atoms with Crippen LogP contribution in [0, 0.1) is 5.92 Å². The van der Waals surface area contributed by atoms with Gasteiger partial charge in [-0.15, -0.1) is 0 Å². The van der Waals surface area contributed by atoms with Gasteiger partial charge in [0.25, 0.3) is 0 Å². The van der Waals surface area contributed by atoms with Gasteiger partial charge in [-0.2, -0.15) is 0 Å². The zero-order valence-electron chi connectivity index (χ0n) is 11.7. The van der Waals surface area contributed by atoms with Gasteiger partial charge in [0, 0.05) is 20.6 Å². The first-order valence-corrected chi connectivity index (χ1v) is 6.61. The summed E-state index contributed by atoms with van der Waals surface area (Å²) in [7, 11) is 3.30. The monoisotopic (exact) mass is 277 g/mol. The van der Waals surface area contributed by atoms with Gasteiger partial charge in [0.2, 0.25) is 5.91 Å². The van der Waals surface area contributed by atoms with E-state index in [0.717, 1.165) is 11.1 Å². The lowest BCUT2D eigenvalue weighted by molar-refractivity contribution is -0.150. The van der Waals surface area contributed by atoms with Crippen molar-refractivity contribution in [1.29, 1.82) is 0 Å². The standard InChI is InChI=1S/C15H19NO4/c1-16-13(17)8-7-12(15(18)19)14(16)11-5-3-10(4-6-11)9-20-2/h3-6,12,14H,7-9H2,1-2H3,(H,18,19). The van der Waals surface area contributed by atoms with Gasteiger partial charge in [-0.1, -0.05) is 24.3 Å². The second-order valence-corrected chi connectivity index (χ2v) is 5.11. The minimum absolute atomic E-state index is 0.00605. The highest BCUT2D eigenvalue weighted by Gasteiger charge is 2.38. The quantitative estimate of drug-likeness (QED) is 0.911. The lowest BCUT2D eigenvalue weighted by Gasteiger charge is -2.37. The first kappa shape index (κ1) is 14.5. The molecule has 1 fully saturated rings. The Labute approximate surface area is 118 Å². The van der Waals surface area contributed by atoms with Crippen molar-refractivity contribution in [3.8, 4) is 0 Å². The molecule has 1 aromatic rings. The highest BCUT2D eigenvalue weighted by atomic mass is 16.5. The van der Waals surface area contributed by atoms with E-state index in [-0.39, 0.29) is 5.91 Å². The number of rotatable bonds is 4. The molecule has 1 amide bonds. The second kappa shape index (κ2) is 6.05. The number of carboxylic acid groups (broad SMARTS) is 1. The van der Waals surface area contributed by atoms with Crippen molar-refractivity contribution in [3.63, 3.8) is 0 Å². The van der Waals surface area contributed by atoms with Crippen molar-refractivity contribution in [2.75, 3.05) is 14.2 Å². The second-order valence-electron chi connectivity index (χ2n) is 5.11. The van der Waals surface area contributed by atoms with Gasteiger partial charge in [-0.25, -0.2) is 0 Å². The molecule has 1 N–H and O–H groups in total. The smallest absolute Gasteiger partial charge is 0.308 e. The molecule has 2 atom stereocenters. The van der Waals surface area contributed by atoms with Gasteiger partial charge in [-0.05, 0) is 17.5 Å². The third-order valence-electron chi connectivity index (χ3n) is 3.81. The van der Waals surface area contributed by atoms with E-state index in [2.05, 4.69) is 0 Å². The van der Waals surface area contributed by atoms with E-state index in [1.165, 1.54) is 0 Å². The number of benzene rings is 1. The largest absolute Gasteiger partial charge is 0.481 e. The lowest BCUT2D eigenvalue weighted by Crippen LogP contribution is -2.42. The highest BCUT2D eigenvalue weighted by Crippen LogP contribution is 2.35. The van der Waals surface area contributed by atoms with Crippen LogP contribution in [0.1, 0.15) is 30.0 Å². The fourth-order valence-corrected chi connectivity index (χ4v) is 2.73. The molecule has 0 bridgehead atoms. The van der Waals surface area contributed by atoms with E-state index in [9.17, 15) is 14.7 Å². The Balaban J connectivity index is 2.29. The maximum Gasteiger partial charge on any atom is 0.308 e. The number of nitrogens with zero attached hydrogens (tertiary/aromatic N) is 1. The van der Waals surface area contributed by atoms with Crippen molar-refractivity contribution in [1.82, 2.24) is 4.90 Å². The summed E-state index contributed by atoms with van der Waals surface area (Å²) in [4.78, 5) is 24.8. The van der Waals surface area contributed by atoms with Gasteiger partial charge in [-0.3, -0.25) is 9.59 Å². The van der Waals surface area contributed by atoms with Crippen LogP contribution in [0.5, 0.6) is 0 Å². The van der Waals surface area contributed by atoms with Gasteiger partial charge in [0.15, 0.2) is 0 Å². The number of carbonyl (C=O) groups is 2. The summed E-state index contributed by atoms with van der Waals surface area (Å²) in [5.41, 5.74) is 1.88. The van der Waals surface area contributed by atoms with Crippen molar-refractivity contribution < 1.29 is 19.4 Å². The molecule has 1 aromatic carbocycles. The normalized spacial score (nSPS) is 22.9. The van der Waals surface area contributed by atoms with Crippen molar-refractivity contribution in [2.45, 2.75) is 25.5 Å². The molecule has 2 rings (SSSR count). The van der Waals surface area contributed by atoms with Gasteiger partial charge >= 0.3 is 5.97 Å². The Bertz CT molecular complexity index is 497. The molecule has 2 unspecified atom stereocenters. The summed E-state index contributed by atoms with van der Waals surface area (Å²) < 4.78 is 5.05. The number of methoxy groups -OCH3 is 1. The fraction of sp³-hybridized carbons (Fsp3) is 0.467. The van der Waals surface area contributed by atoms with Gasteiger partial charge in [0.05, 0.1) is 18.6 Å². The maximum atomic E-state index is 11.8. The molecule has 5 heteroatoms. The van der Waals surface area contributed by atoms with Crippen molar-refractivity contribution in [2.24, 2.45) is 5.92 Å². The molecule has 20 heavy (non-hydrogen) atoms. The average Bonchev–Trinajstić information content (AvgIpc) is 2.43. The van der Waals surface area contributed by atoms with Crippen LogP contribution in [0.3, 0.4) is 0 Å². The Morgan fingerprint density at radius 2 is 2.05 bits per heavy atom. The Kier molecular flexibility index (Phi) is 4.39. The molecule has 0 radical (unpaired) electrons. The summed E-state index contributed by atoms with van der Waals surface area (Å²) in [5, 5.41) is 9.35. The molecule has 1 heterocycles. The maximum absolute atomic E-state index is 11.8. The summed E-state index contributed by atoms with van der Waals surface area (Å²) in [6, 6.07) is 7.18. The molecule has 0 aliphatic carbocycles. The molecule has 0 aromatic heterocycles. The number of ether oxygens (including phenoxy) is 1. The molecular weight excluding hydrogens is 258 g/mol. The number of hydrogen-bond donors (Lipinski definition) is 1. The van der Waals surface area contributed by atoms with E-state index in [1.54, 1.807) is 19.1 Å². The van der Waals surface area contributed by atoms with Crippen molar-refractivity contribution in [3.05, 3.63) is 35.4 Å². The molecule has 1 aliphatic rings. The van der Waals surface area contributed by atoms with Crippen LogP contribution >= 0.6 is 0 Å². The molecule has 5 nitrogen and oxygen atoms in total. The Hall–Kier alpha value is -1.88. The number of carbonyl (C=O) groups excluding carboxylic acids is 1. The molecule has 1 saturated heterocycles. The van der Waals surface area contributed by atoms with Crippen LogP contribution < -0.4 is 0 Å². The number of likely N-dealkylation sites (tertiary alicyclic amines) is 1. The summed E-state index contributed by atoms with van der Waals surface area (Å²) in [5.74, 6) is -1.41. The number of aliphatic carboxylic acids is 1. The number of piperidine rings is 1. The predicted molar refractivity (Wildman–Crippen MR) is 73.0 cm³/mol. The summed E-state index contributed by atoms with van der Waals surface area (Å²) in [6.07, 6.45) is 0.689. The topological polar surface area (TPSA) is 66.8 Å². The number of amides is 1. The van der Waals surface area contributed by atoms with Gasteiger partial charge in [0.1, 0.15) is 0 Å². The van der Waals surface area contributed by atoms with E-state index >= 15 is 0 Å². The summed E-state index contributed by atoms with van der Waals surface area (Å²) >= 11 is 0. The van der Waals surface area contributed by atoms with Crippen LogP contribution in [0.25, 0.3) is 0 Å². The van der Waals surface area contributed by atoms with Gasteiger partial charge < -0.3 is 14.7 Å². The van der Waals surface area contributed by atoms with Crippen LogP contribution in [-0.2, 0) is 20.9 Å². The third kappa shape index (κ3) is 2.82. The van der Waals surface area contributed by atoms with Crippen molar-refractivity contribution >= 4 is 11.9 Å². The van der Waals surface area contributed by atoms with Crippen LogP contribution in [0.15, 0.2) is 24.3 Å². The fourth-order valence-electron chi connectivity index (χ4n) is 2.73. The number of hydrogen-bond acceptors (Lipinski definition) is 3. The van der Waals surface area contributed by atoms with E-state index in [1.807, 2.05) is 24.3 Å². The zero-order valence-corrected chi connectivity index (χ0v) is 11.7. The molecular formula is C15H19NO4. The van der Waals surface area contributed by atoms with Crippen LogP contribution in [0.2, 0.25) is 0 Å². The predicted octanol–water partition coefficient (Wildman–Crippen LogP) is 1.83. The minimum Gasteiger partial charge on any atom is -0.481 e. The molecule has 1 aliphatic heterocycles. The molecule has 0 saturated carbocycles. The Morgan fingerprint density at radius 3 is 2.60 bits per heavy atom. The van der Waals surface area contributed by atoms with E-state index in [4.69, 9.17) is 4.74 Å². The molecule has 108 valence electrons. The SMILES string of the molecule is COCc1ccc(C2C(C(=O)O)CCC(=O)N2C)cc1. The molecule has 0 spiro atoms. The third-order valence-corrected chi connectivity index (χ3v) is 3.81. The number of carboxylic acids is 1. The van der Waals surface area contributed by atoms with Crippen LogP contribution in [0.4, 0.5) is 0 Å². The van der Waals surface area contributed by atoms with Crippen LogP contribution in [-0.4, -0.2) is 36.0 Å². The Morgan fingerprint density at radius 1 is 1.40 bits per heavy atom. The summed E-state index contributed by atoms with van der Waals surface area (Å²) in [6.45, 7) is 0.516. The van der Waals surface area contributed by atoms with E-state index < -0.39 is 17.9 Å².